The highest BCUT2D eigenvalue weighted by Crippen LogP contribution is 2.13. The van der Waals surface area contributed by atoms with Crippen LogP contribution in [0.15, 0.2) is 30.3 Å². The average Bonchev–Trinajstić information content (AvgIpc) is 2.45. The number of aryl methyl sites for hydroxylation is 1. The van der Waals surface area contributed by atoms with Gasteiger partial charge in [0.25, 0.3) is 0 Å². The second kappa shape index (κ2) is 5.83. The van der Waals surface area contributed by atoms with Crippen LogP contribution in [0.2, 0.25) is 0 Å². The normalized spacial score (nSPS) is 9.74. The first-order valence-corrected chi connectivity index (χ1v) is 5.86. The molecule has 1 aromatic heterocycles. The van der Waals surface area contributed by atoms with Gasteiger partial charge in [0.2, 0.25) is 0 Å². The van der Waals surface area contributed by atoms with Gasteiger partial charge >= 0.3 is 0 Å². The van der Waals surface area contributed by atoms with Crippen LogP contribution in [0.4, 0.5) is 5.82 Å². The number of hydrogen-bond acceptors (Lipinski definition) is 5. The third-order valence-corrected chi connectivity index (χ3v) is 2.51. The number of hydrogen-bond donors (Lipinski definition) is 1. The van der Waals surface area contributed by atoms with Crippen LogP contribution in [-0.4, -0.2) is 17.0 Å². The van der Waals surface area contributed by atoms with Gasteiger partial charge < -0.3 is 10.1 Å². The number of nitrogens with one attached hydrogen (secondary N) is 1. The second-order valence-corrected chi connectivity index (χ2v) is 3.99. The molecule has 2 rings (SSSR count). The van der Waals surface area contributed by atoms with Gasteiger partial charge in [0.1, 0.15) is 18.2 Å². The summed E-state index contributed by atoms with van der Waals surface area (Å²) in [4.78, 5) is 8.60. The molecule has 2 aromatic rings. The van der Waals surface area contributed by atoms with Gasteiger partial charge in [-0.25, -0.2) is 9.97 Å². The minimum Gasteiger partial charge on any atom is -0.486 e. The number of benzene rings is 1. The maximum atomic E-state index is 8.71. The van der Waals surface area contributed by atoms with Crippen molar-refractivity contribution in [2.75, 3.05) is 12.4 Å². The lowest BCUT2D eigenvalue weighted by Crippen LogP contribution is -2.05. The molecule has 96 valence electrons. The molecule has 1 aromatic carbocycles. The summed E-state index contributed by atoms with van der Waals surface area (Å²) in [5.41, 5.74) is 1.49. The van der Waals surface area contributed by atoms with Crippen molar-refractivity contribution in [1.29, 1.82) is 5.26 Å². The zero-order valence-electron chi connectivity index (χ0n) is 10.8. The van der Waals surface area contributed by atoms with E-state index in [1.165, 1.54) is 0 Å². The maximum absolute atomic E-state index is 8.71. The topological polar surface area (TPSA) is 70.8 Å². The largest absolute Gasteiger partial charge is 0.486 e. The molecule has 0 aliphatic carbocycles. The number of anilines is 1. The van der Waals surface area contributed by atoms with Crippen LogP contribution in [0.25, 0.3) is 0 Å². The smallest absolute Gasteiger partial charge is 0.168 e. The first-order valence-electron chi connectivity index (χ1n) is 5.86. The summed E-state index contributed by atoms with van der Waals surface area (Å²) in [5, 5.41) is 11.7. The molecule has 1 N–H and O–H groups in total. The van der Waals surface area contributed by atoms with Crippen molar-refractivity contribution in [3.8, 4) is 11.8 Å². The number of ether oxygens (including phenoxy) is 1. The predicted molar refractivity (Wildman–Crippen MR) is 71.8 cm³/mol. The molecule has 0 saturated heterocycles. The quantitative estimate of drug-likeness (QED) is 0.906. The van der Waals surface area contributed by atoms with Gasteiger partial charge in [-0.05, 0) is 31.2 Å². The Bertz CT molecular complexity index is 602. The van der Waals surface area contributed by atoms with E-state index in [2.05, 4.69) is 21.4 Å². The summed E-state index contributed by atoms with van der Waals surface area (Å²) in [6, 6.07) is 10.9. The van der Waals surface area contributed by atoms with E-state index in [0.29, 0.717) is 23.7 Å². The Morgan fingerprint density at radius 1 is 1.26 bits per heavy atom. The van der Waals surface area contributed by atoms with Crippen molar-refractivity contribution in [1.82, 2.24) is 9.97 Å². The third kappa shape index (κ3) is 3.42. The van der Waals surface area contributed by atoms with Crippen LogP contribution in [0, 0.1) is 18.3 Å². The van der Waals surface area contributed by atoms with Crippen molar-refractivity contribution in [2.45, 2.75) is 13.5 Å². The standard InChI is InChI=1S/C14H14N4O/c1-10-7-13(16-2)18-14(17-10)9-19-12-5-3-11(8-15)4-6-12/h3-7H,9H2,1-2H3,(H,16,17,18). The fraction of sp³-hybridized carbons (Fsp3) is 0.214. The summed E-state index contributed by atoms with van der Waals surface area (Å²) in [6.07, 6.45) is 0. The molecule has 0 amide bonds. The van der Waals surface area contributed by atoms with Crippen LogP contribution in [0.3, 0.4) is 0 Å². The van der Waals surface area contributed by atoms with Gasteiger partial charge in [-0.15, -0.1) is 0 Å². The first kappa shape index (κ1) is 12.8. The highest BCUT2D eigenvalue weighted by Gasteiger charge is 2.02. The zero-order chi connectivity index (χ0) is 13.7. The molecule has 0 fully saturated rings. The van der Waals surface area contributed by atoms with Gasteiger partial charge in [0.15, 0.2) is 5.82 Å². The summed E-state index contributed by atoms with van der Waals surface area (Å²) in [6.45, 7) is 2.20. The van der Waals surface area contributed by atoms with Crippen LogP contribution in [0.5, 0.6) is 5.75 Å². The molecule has 0 radical (unpaired) electrons. The lowest BCUT2D eigenvalue weighted by Gasteiger charge is -2.07. The highest BCUT2D eigenvalue weighted by atomic mass is 16.5. The monoisotopic (exact) mass is 254 g/mol. The van der Waals surface area contributed by atoms with Crippen molar-refractivity contribution in [3.05, 3.63) is 47.4 Å². The van der Waals surface area contributed by atoms with Crippen LogP contribution >= 0.6 is 0 Å². The van der Waals surface area contributed by atoms with Crippen molar-refractivity contribution >= 4 is 5.82 Å². The minimum absolute atomic E-state index is 0.294. The van der Waals surface area contributed by atoms with Crippen LogP contribution in [0.1, 0.15) is 17.1 Å². The summed E-state index contributed by atoms with van der Waals surface area (Å²) < 4.78 is 5.58. The van der Waals surface area contributed by atoms with E-state index >= 15 is 0 Å². The van der Waals surface area contributed by atoms with E-state index in [9.17, 15) is 0 Å². The number of nitrogens with zero attached hydrogens (tertiary/aromatic N) is 3. The fourth-order valence-electron chi connectivity index (χ4n) is 1.60. The molecule has 0 aliphatic rings. The Balaban J connectivity index is 2.05. The zero-order valence-corrected chi connectivity index (χ0v) is 10.8. The molecule has 1 heterocycles. The van der Waals surface area contributed by atoms with Crippen molar-refractivity contribution < 1.29 is 4.74 Å². The molecular formula is C14H14N4O. The Labute approximate surface area is 111 Å². The minimum atomic E-state index is 0.294. The lowest BCUT2D eigenvalue weighted by atomic mass is 10.2. The van der Waals surface area contributed by atoms with E-state index in [4.69, 9.17) is 10.00 Å². The van der Waals surface area contributed by atoms with E-state index in [1.807, 2.05) is 20.0 Å². The first-order chi connectivity index (χ1) is 9.21. The summed E-state index contributed by atoms with van der Waals surface area (Å²) in [7, 11) is 1.81. The molecule has 0 bridgehead atoms. The summed E-state index contributed by atoms with van der Waals surface area (Å²) in [5.74, 6) is 2.08. The van der Waals surface area contributed by atoms with Gasteiger partial charge in [-0.1, -0.05) is 0 Å². The molecule has 0 aliphatic heterocycles. The molecule has 5 heteroatoms. The van der Waals surface area contributed by atoms with Crippen molar-refractivity contribution in [3.63, 3.8) is 0 Å². The molecule has 19 heavy (non-hydrogen) atoms. The van der Waals surface area contributed by atoms with Gasteiger partial charge in [-0.3, -0.25) is 0 Å². The molecule has 0 atom stereocenters. The third-order valence-electron chi connectivity index (χ3n) is 2.51. The van der Waals surface area contributed by atoms with E-state index in [-0.39, 0.29) is 0 Å². The average molecular weight is 254 g/mol. The number of rotatable bonds is 4. The summed E-state index contributed by atoms with van der Waals surface area (Å²) >= 11 is 0. The van der Waals surface area contributed by atoms with E-state index in [1.54, 1.807) is 24.3 Å². The van der Waals surface area contributed by atoms with Gasteiger partial charge in [0.05, 0.1) is 11.6 Å². The Hall–Kier alpha value is -2.61. The van der Waals surface area contributed by atoms with E-state index < -0.39 is 0 Å². The number of nitriles is 1. The highest BCUT2D eigenvalue weighted by molar-refractivity contribution is 5.35. The van der Waals surface area contributed by atoms with Gasteiger partial charge in [0, 0.05) is 18.8 Å². The molecule has 0 unspecified atom stereocenters. The van der Waals surface area contributed by atoms with E-state index in [0.717, 1.165) is 11.5 Å². The Morgan fingerprint density at radius 2 is 2.00 bits per heavy atom. The molecule has 0 spiro atoms. The predicted octanol–water partition coefficient (Wildman–Crippen LogP) is 2.28. The molecular weight excluding hydrogens is 240 g/mol. The Kier molecular flexibility index (Phi) is 3.94. The van der Waals surface area contributed by atoms with Gasteiger partial charge in [-0.2, -0.15) is 5.26 Å². The van der Waals surface area contributed by atoms with Crippen molar-refractivity contribution in [2.24, 2.45) is 0 Å². The SMILES string of the molecule is CNc1cc(C)nc(COc2ccc(C#N)cc2)n1. The van der Waals surface area contributed by atoms with Crippen LogP contribution < -0.4 is 10.1 Å². The fourth-order valence-corrected chi connectivity index (χ4v) is 1.60. The maximum Gasteiger partial charge on any atom is 0.168 e. The molecule has 5 nitrogen and oxygen atoms in total. The molecule has 0 saturated carbocycles. The Morgan fingerprint density at radius 3 is 2.63 bits per heavy atom. The number of aromatic nitrogens is 2. The van der Waals surface area contributed by atoms with Crippen LogP contribution in [-0.2, 0) is 6.61 Å². The second-order valence-electron chi connectivity index (χ2n) is 3.99. The lowest BCUT2D eigenvalue weighted by molar-refractivity contribution is 0.295.